The third-order valence-corrected chi connectivity index (χ3v) is 4.05. The first-order valence-corrected chi connectivity index (χ1v) is 7.54. The fourth-order valence-electron chi connectivity index (χ4n) is 2.20. The molecule has 0 radical (unpaired) electrons. The van der Waals surface area contributed by atoms with E-state index in [2.05, 4.69) is 41.8 Å². The summed E-state index contributed by atoms with van der Waals surface area (Å²) in [7, 11) is 0. The van der Waals surface area contributed by atoms with E-state index in [0.29, 0.717) is 0 Å². The minimum absolute atomic E-state index is 0.786. The Hall–Kier alpha value is -0.670. The van der Waals surface area contributed by atoms with E-state index in [0.717, 1.165) is 24.8 Å². The second-order valence-corrected chi connectivity index (χ2v) is 5.89. The highest BCUT2D eigenvalue weighted by molar-refractivity contribution is 7.99. The van der Waals surface area contributed by atoms with Gasteiger partial charge in [-0.2, -0.15) is 0 Å². The zero-order chi connectivity index (χ0) is 11.9. The smallest absolute Gasteiger partial charge is 0.0341 e. The van der Waals surface area contributed by atoms with Crippen molar-refractivity contribution in [2.24, 2.45) is 5.92 Å². The Morgan fingerprint density at radius 2 is 2.18 bits per heavy atom. The summed E-state index contributed by atoms with van der Waals surface area (Å²) in [4.78, 5) is 1.36. The second-order valence-electron chi connectivity index (χ2n) is 4.55. The summed E-state index contributed by atoms with van der Waals surface area (Å²) in [5, 5.41) is 6.99. The van der Waals surface area contributed by atoms with Gasteiger partial charge in [-0.05, 0) is 61.9 Å². The topological polar surface area (TPSA) is 24.1 Å². The lowest BCUT2D eigenvalue weighted by atomic mass is 10.00. The molecule has 1 saturated heterocycles. The first-order chi connectivity index (χ1) is 8.38. The minimum atomic E-state index is 0.786. The molecule has 0 spiro atoms. The van der Waals surface area contributed by atoms with Crippen LogP contribution in [0, 0.1) is 5.92 Å². The van der Waals surface area contributed by atoms with Crippen LogP contribution in [-0.4, -0.2) is 25.4 Å². The van der Waals surface area contributed by atoms with Gasteiger partial charge in [0.1, 0.15) is 0 Å². The van der Waals surface area contributed by atoms with Crippen LogP contribution in [-0.2, 0) is 0 Å². The third kappa shape index (κ3) is 4.25. The molecule has 0 bridgehead atoms. The molecule has 2 nitrogen and oxygen atoms in total. The Bertz CT molecular complexity index is 317. The number of nitrogens with one attached hydrogen (secondary N) is 2. The van der Waals surface area contributed by atoms with Gasteiger partial charge in [-0.15, -0.1) is 11.8 Å². The molecule has 0 aliphatic carbocycles. The molecule has 1 fully saturated rings. The van der Waals surface area contributed by atoms with Crippen LogP contribution < -0.4 is 10.6 Å². The molecule has 1 unspecified atom stereocenters. The molecule has 94 valence electrons. The molecular formula is C14H22N2S. The number of rotatable bonds is 5. The van der Waals surface area contributed by atoms with Crippen molar-refractivity contribution in [2.45, 2.75) is 24.7 Å². The lowest BCUT2D eigenvalue weighted by Gasteiger charge is -2.23. The van der Waals surface area contributed by atoms with Crippen LogP contribution >= 0.6 is 11.8 Å². The highest BCUT2D eigenvalue weighted by Crippen LogP contribution is 2.20. The average molecular weight is 250 g/mol. The predicted molar refractivity (Wildman–Crippen MR) is 76.9 cm³/mol. The summed E-state index contributed by atoms with van der Waals surface area (Å²) < 4.78 is 0. The fourth-order valence-corrected chi connectivity index (χ4v) is 2.86. The van der Waals surface area contributed by atoms with E-state index in [1.54, 1.807) is 0 Å². The summed E-state index contributed by atoms with van der Waals surface area (Å²) in [6.07, 6.45) is 2.67. The van der Waals surface area contributed by atoms with Crippen molar-refractivity contribution < 1.29 is 0 Å². The molecule has 0 aromatic heterocycles. The van der Waals surface area contributed by atoms with Crippen LogP contribution in [0.25, 0.3) is 0 Å². The van der Waals surface area contributed by atoms with Crippen molar-refractivity contribution in [1.82, 2.24) is 5.32 Å². The molecule has 2 rings (SSSR count). The van der Waals surface area contributed by atoms with Gasteiger partial charge in [0.15, 0.2) is 0 Å². The van der Waals surface area contributed by atoms with Gasteiger partial charge in [0.2, 0.25) is 0 Å². The highest BCUT2D eigenvalue weighted by Gasteiger charge is 2.11. The van der Waals surface area contributed by atoms with Crippen molar-refractivity contribution >= 4 is 17.4 Å². The molecule has 1 atom stereocenters. The molecule has 1 aliphatic rings. The molecule has 0 amide bonds. The van der Waals surface area contributed by atoms with Crippen LogP contribution in [0.2, 0.25) is 0 Å². The van der Waals surface area contributed by atoms with Crippen molar-refractivity contribution in [3.63, 3.8) is 0 Å². The molecular weight excluding hydrogens is 228 g/mol. The van der Waals surface area contributed by atoms with Gasteiger partial charge in [-0.1, -0.05) is 6.92 Å². The van der Waals surface area contributed by atoms with Gasteiger partial charge >= 0.3 is 0 Å². The fraction of sp³-hybridized carbons (Fsp3) is 0.571. The van der Waals surface area contributed by atoms with Crippen LogP contribution in [0.3, 0.4) is 0 Å². The largest absolute Gasteiger partial charge is 0.385 e. The Balaban J connectivity index is 1.77. The van der Waals surface area contributed by atoms with Gasteiger partial charge in [-0.3, -0.25) is 0 Å². The van der Waals surface area contributed by atoms with E-state index in [1.165, 1.54) is 30.0 Å². The number of benzene rings is 1. The molecule has 3 heteroatoms. The minimum Gasteiger partial charge on any atom is -0.385 e. The number of thioether (sulfide) groups is 1. The van der Waals surface area contributed by atoms with Gasteiger partial charge in [-0.25, -0.2) is 0 Å². The van der Waals surface area contributed by atoms with Crippen molar-refractivity contribution in [3.05, 3.63) is 24.3 Å². The van der Waals surface area contributed by atoms with E-state index in [1.807, 2.05) is 11.8 Å². The maximum Gasteiger partial charge on any atom is 0.0341 e. The lowest BCUT2D eigenvalue weighted by Crippen LogP contribution is -2.33. The van der Waals surface area contributed by atoms with E-state index in [9.17, 15) is 0 Å². The van der Waals surface area contributed by atoms with E-state index in [-0.39, 0.29) is 0 Å². The lowest BCUT2D eigenvalue weighted by molar-refractivity contribution is 0.393. The Morgan fingerprint density at radius 1 is 1.35 bits per heavy atom. The predicted octanol–water partition coefficient (Wildman–Crippen LogP) is 3.21. The number of piperidine rings is 1. The first kappa shape index (κ1) is 12.8. The van der Waals surface area contributed by atoms with Gasteiger partial charge in [0.05, 0.1) is 0 Å². The highest BCUT2D eigenvalue weighted by atomic mass is 32.2. The zero-order valence-corrected chi connectivity index (χ0v) is 11.4. The average Bonchev–Trinajstić information content (AvgIpc) is 2.40. The van der Waals surface area contributed by atoms with Crippen LogP contribution in [0.1, 0.15) is 19.8 Å². The first-order valence-electron chi connectivity index (χ1n) is 6.56. The van der Waals surface area contributed by atoms with E-state index in [4.69, 9.17) is 0 Å². The molecule has 1 aromatic rings. The molecule has 1 heterocycles. The number of hydrogen-bond acceptors (Lipinski definition) is 3. The zero-order valence-electron chi connectivity index (χ0n) is 10.5. The molecule has 1 aromatic carbocycles. The Morgan fingerprint density at radius 3 is 2.82 bits per heavy atom. The summed E-state index contributed by atoms with van der Waals surface area (Å²) in [6, 6.07) is 8.79. The van der Waals surface area contributed by atoms with Crippen LogP contribution in [0.5, 0.6) is 0 Å². The summed E-state index contributed by atoms with van der Waals surface area (Å²) in [6.45, 7) is 5.64. The summed E-state index contributed by atoms with van der Waals surface area (Å²) in [5.74, 6) is 1.92. The van der Waals surface area contributed by atoms with Gasteiger partial charge < -0.3 is 10.6 Å². The Labute approximate surface area is 109 Å². The van der Waals surface area contributed by atoms with Crippen molar-refractivity contribution in [2.75, 3.05) is 30.7 Å². The van der Waals surface area contributed by atoms with Gasteiger partial charge in [0.25, 0.3) is 0 Å². The SMILES string of the molecule is CCSc1ccc(NCC2CCCNC2)cc1. The molecule has 17 heavy (non-hydrogen) atoms. The normalized spacial score (nSPS) is 20.2. The van der Waals surface area contributed by atoms with E-state index < -0.39 is 0 Å². The standard InChI is InChI=1S/C14H22N2S/c1-2-17-14-7-5-13(6-8-14)16-11-12-4-3-9-15-10-12/h5-8,12,15-16H,2-4,9-11H2,1H3. The van der Waals surface area contributed by atoms with Crippen LogP contribution in [0.15, 0.2) is 29.2 Å². The summed E-state index contributed by atoms with van der Waals surface area (Å²) >= 11 is 1.89. The number of hydrogen-bond donors (Lipinski definition) is 2. The van der Waals surface area contributed by atoms with Crippen molar-refractivity contribution in [1.29, 1.82) is 0 Å². The molecule has 0 saturated carbocycles. The quantitative estimate of drug-likeness (QED) is 0.785. The third-order valence-electron chi connectivity index (χ3n) is 3.16. The Kier molecular flexibility index (Phi) is 5.20. The molecule has 2 N–H and O–H groups in total. The van der Waals surface area contributed by atoms with Crippen LogP contribution in [0.4, 0.5) is 5.69 Å². The maximum absolute atomic E-state index is 3.53. The monoisotopic (exact) mass is 250 g/mol. The summed E-state index contributed by atoms with van der Waals surface area (Å²) in [5.41, 5.74) is 1.25. The maximum atomic E-state index is 3.53. The van der Waals surface area contributed by atoms with Crippen molar-refractivity contribution in [3.8, 4) is 0 Å². The van der Waals surface area contributed by atoms with Gasteiger partial charge in [0, 0.05) is 17.1 Å². The van der Waals surface area contributed by atoms with E-state index >= 15 is 0 Å². The molecule has 1 aliphatic heterocycles. The second kappa shape index (κ2) is 6.92. The number of anilines is 1.